The number of benzene rings is 2. The summed E-state index contributed by atoms with van der Waals surface area (Å²) in [5, 5.41) is 0.588. The number of rotatable bonds is 2. The monoisotopic (exact) mass is 368 g/mol. The fourth-order valence-electron chi connectivity index (χ4n) is 3.45. The molecule has 0 amide bonds. The molecule has 2 unspecified atom stereocenters. The van der Waals surface area contributed by atoms with Crippen LogP contribution in [0.1, 0.15) is 33.2 Å². The summed E-state index contributed by atoms with van der Waals surface area (Å²) in [5.74, 6) is -2.05. The summed E-state index contributed by atoms with van der Waals surface area (Å²) in [6, 6.07) is 9.77. The molecule has 0 bridgehead atoms. The molecule has 2 atom stereocenters. The van der Waals surface area contributed by atoms with Crippen LogP contribution < -0.4 is 4.74 Å². The average Bonchev–Trinajstić information content (AvgIpc) is 3.06. The highest BCUT2D eigenvalue weighted by Gasteiger charge is 2.60. The first-order chi connectivity index (χ1) is 12.9. The number of alkyl halides is 1. The minimum absolute atomic E-state index is 0.0109. The number of carbonyl (C=O) groups is 2. The van der Waals surface area contributed by atoms with E-state index in [1.807, 2.05) is 6.92 Å². The van der Waals surface area contributed by atoms with Crippen LogP contribution in [0.4, 0.5) is 4.39 Å². The van der Waals surface area contributed by atoms with Crippen LogP contribution in [0.5, 0.6) is 5.75 Å². The van der Waals surface area contributed by atoms with Gasteiger partial charge < -0.3 is 13.9 Å². The molecule has 5 nitrogen and oxygen atoms in total. The van der Waals surface area contributed by atoms with Crippen molar-refractivity contribution in [1.29, 1.82) is 0 Å². The second kappa shape index (κ2) is 5.94. The van der Waals surface area contributed by atoms with Crippen LogP contribution in [-0.2, 0) is 9.53 Å². The Morgan fingerprint density at radius 1 is 1.15 bits per heavy atom. The number of ketones is 1. The molecule has 0 saturated heterocycles. The maximum atomic E-state index is 15.9. The van der Waals surface area contributed by atoms with Gasteiger partial charge in [-0.05, 0) is 37.1 Å². The lowest BCUT2D eigenvalue weighted by molar-refractivity contribution is -0.157. The molecule has 0 radical (unpaired) electrons. The van der Waals surface area contributed by atoms with Crippen molar-refractivity contribution in [2.24, 2.45) is 0 Å². The summed E-state index contributed by atoms with van der Waals surface area (Å²) in [7, 11) is 1.04. The maximum absolute atomic E-state index is 15.9. The zero-order chi connectivity index (χ0) is 19.3. The summed E-state index contributed by atoms with van der Waals surface area (Å²) in [4.78, 5) is 25.4. The molecule has 0 saturated carbocycles. The topological polar surface area (TPSA) is 65.7 Å². The van der Waals surface area contributed by atoms with Crippen molar-refractivity contribution >= 4 is 22.7 Å². The van der Waals surface area contributed by atoms with E-state index in [1.165, 1.54) is 12.3 Å². The van der Waals surface area contributed by atoms with Gasteiger partial charge in [-0.2, -0.15) is 0 Å². The highest BCUT2D eigenvalue weighted by atomic mass is 19.1. The van der Waals surface area contributed by atoms with Gasteiger partial charge in [-0.3, -0.25) is 4.79 Å². The van der Waals surface area contributed by atoms with Crippen LogP contribution in [0.3, 0.4) is 0 Å². The minimum Gasteiger partial charge on any atom is -0.480 e. The Bertz CT molecular complexity index is 1070. The lowest BCUT2D eigenvalue weighted by atomic mass is 9.82. The summed E-state index contributed by atoms with van der Waals surface area (Å²) >= 11 is 0. The molecule has 1 aliphatic rings. The number of ether oxygens (including phenoxy) is 2. The third kappa shape index (κ3) is 2.36. The number of fused-ring (bicyclic) bond motifs is 3. The predicted octanol–water partition coefficient (Wildman–Crippen LogP) is 4.25. The number of carbonyl (C=O) groups excluding carboxylic acids is 2. The third-order valence-electron chi connectivity index (χ3n) is 4.91. The van der Waals surface area contributed by atoms with Gasteiger partial charge in [0, 0.05) is 0 Å². The Kier molecular flexibility index (Phi) is 3.80. The molecule has 0 spiro atoms. The van der Waals surface area contributed by atoms with Gasteiger partial charge in [-0.1, -0.05) is 29.8 Å². The van der Waals surface area contributed by atoms with Crippen molar-refractivity contribution in [2.75, 3.05) is 7.11 Å². The van der Waals surface area contributed by atoms with Gasteiger partial charge in [0.05, 0.1) is 24.3 Å². The number of furan rings is 1. The maximum Gasteiger partial charge on any atom is 0.356 e. The second-order valence-electron chi connectivity index (χ2n) is 6.68. The van der Waals surface area contributed by atoms with Crippen LogP contribution in [0, 0.1) is 13.8 Å². The van der Waals surface area contributed by atoms with Crippen LogP contribution in [0.25, 0.3) is 11.0 Å². The Balaban J connectivity index is 1.98. The first kappa shape index (κ1) is 17.3. The van der Waals surface area contributed by atoms with Crippen molar-refractivity contribution in [3.8, 4) is 5.75 Å². The Labute approximate surface area is 154 Å². The number of esters is 1. The molecule has 6 heteroatoms. The number of halogens is 1. The number of methoxy groups -OCH3 is 1. The van der Waals surface area contributed by atoms with Crippen LogP contribution in [0.2, 0.25) is 0 Å². The number of hydrogen-bond acceptors (Lipinski definition) is 5. The van der Waals surface area contributed by atoms with E-state index in [1.54, 1.807) is 37.3 Å². The van der Waals surface area contributed by atoms with Gasteiger partial charge in [0.1, 0.15) is 11.3 Å². The van der Waals surface area contributed by atoms with Gasteiger partial charge >= 0.3 is 11.6 Å². The molecular weight excluding hydrogens is 351 g/mol. The first-order valence-electron chi connectivity index (χ1n) is 8.44. The zero-order valence-electron chi connectivity index (χ0n) is 15.0. The van der Waals surface area contributed by atoms with E-state index in [2.05, 4.69) is 4.74 Å². The average molecular weight is 368 g/mol. The predicted molar refractivity (Wildman–Crippen MR) is 95.7 cm³/mol. The zero-order valence-corrected chi connectivity index (χ0v) is 15.0. The fraction of sp³-hybridized carbons (Fsp3) is 0.238. The van der Waals surface area contributed by atoms with Crippen molar-refractivity contribution in [2.45, 2.75) is 25.6 Å². The summed E-state index contributed by atoms with van der Waals surface area (Å²) < 4.78 is 32.0. The van der Waals surface area contributed by atoms with Gasteiger partial charge in [0.2, 0.25) is 5.78 Å². The van der Waals surface area contributed by atoms with Crippen LogP contribution in [0.15, 0.2) is 47.1 Å². The van der Waals surface area contributed by atoms with Crippen molar-refractivity contribution < 1.29 is 27.9 Å². The number of hydrogen-bond donors (Lipinski definition) is 0. The Morgan fingerprint density at radius 3 is 2.52 bits per heavy atom. The fourth-order valence-corrected chi connectivity index (χ4v) is 3.45. The van der Waals surface area contributed by atoms with Crippen LogP contribution in [-0.4, -0.2) is 24.5 Å². The van der Waals surface area contributed by atoms with E-state index in [0.29, 0.717) is 16.5 Å². The van der Waals surface area contributed by atoms with Gasteiger partial charge in [-0.25, -0.2) is 9.18 Å². The normalized spacial score (nSPS) is 21.6. The molecule has 0 fully saturated rings. The largest absolute Gasteiger partial charge is 0.480 e. The lowest BCUT2D eigenvalue weighted by Crippen LogP contribution is -2.52. The molecule has 3 aromatic rings. The van der Waals surface area contributed by atoms with Gasteiger partial charge in [-0.15, -0.1) is 0 Å². The van der Waals surface area contributed by atoms with Gasteiger partial charge in [0.15, 0.2) is 6.10 Å². The molecule has 138 valence electrons. The van der Waals surface area contributed by atoms with Crippen molar-refractivity contribution in [3.05, 3.63) is 64.9 Å². The van der Waals surface area contributed by atoms with E-state index in [4.69, 9.17) is 9.15 Å². The van der Waals surface area contributed by atoms with Gasteiger partial charge in [0.25, 0.3) is 0 Å². The molecule has 1 aliphatic heterocycles. The molecule has 0 N–H and O–H groups in total. The molecule has 2 heterocycles. The third-order valence-corrected chi connectivity index (χ3v) is 4.91. The first-order valence-corrected chi connectivity index (χ1v) is 8.44. The number of aryl methyl sites for hydroxylation is 2. The smallest absolute Gasteiger partial charge is 0.356 e. The second-order valence-corrected chi connectivity index (χ2v) is 6.68. The van der Waals surface area contributed by atoms with E-state index in [-0.39, 0.29) is 11.3 Å². The summed E-state index contributed by atoms with van der Waals surface area (Å²) in [5.41, 5.74) is -0.402. The SMILES string of the molecule is COC(=O)C1(F)C(=O)c2ccc3occ(C)c3c2OC1c1ccc(C)cc1. The van der Waals surface area contributed by atoms with E-state index in [9.17, 15) is 9.59 Å². The highest BCUT2D eigenvalue weighted by Crippen LogP contribution is 2.47. The minimum atomic E-state index is -2.98. The molecule has 2 aromatic carbocycles. The lowest BCUT2D eigenvalue weighted by Gasteiger charge is -2.35. The summed E-state index contributed by atoms with van der Waals surface area (Å²) in [6.45, 7) is 3.69. The van der Waals surface area contributed by atoms with E-state index >= 15 is 4.39 Å². The Morgan fingerprint density at radius 2 is 1.85 bits per heavy atom. The molecule has 27 heavy (non-hydrogen) atoms. The Hall–Kier alpha value is -3.15. The molecule has 4 rings (SSSR count). The van der Waals surface area contributed by atoms with Crippen molar-refractivity contribution in [3.63, 3.8) is 0 Å². The van der Waals surface area contributed by atoms with E-state index < -0.39 is 23.5 Å². The summed E-state index contributed by atoms with van der Waals surface area (Å²) in [6.07, 6.45) is 0.0718. The molecular formula is C21H17FO5. The highest BCUT2D eigenvalue weighted by molar-refractivity contribution is 6.20. The van der Waals surface area contributed by atoms with E-state index in [0.717, 1.165) is 18.2 Å². The van der Waals surface area contributed by atoms with Crippen molar-refractivity contribution in [1.82, 2.24) is 0 Å². The number of Topliss-reactive ketones (excluding diaryl/α,β-unsaturated/α-hetero) is 1. The molecule has 0 aliphatic carbocycles. The molecule has 1 aromatic heterocycles. The quantitative estimate of drug-likeness (QED) is 0.500. The van der Waals surface area contributed by atoms with Crippen LogP contribution >= 0.6 is 0 Å². The standard InChI is InChI=1S/C21H17FO5/c1-11-4-6-13(7-5-11)19-21(22,20(24)25-3)18(23)14-8-9-15-16(17(14)27-19)12(2)10-26-15/h4-10,19H,1-3H3.